The molecule has 3 rings (SSSR count). The Bertz CT molecular complexity index is 444. The molecule has 1 spiro atoms. The van der Waals surface area contributed by atoms with Crippen molar-refractivity contribution in [1.82, 2.24) is 4.90 Å². The van der Waals surface area contributed by atoms with Crippen molar-refractivity contribution in [3.63, 3.8) is 0 Å². The van der Waals surface area contributed by atoms with E-state index in [0.29, 0.717) is 18.0 Å². The van der Waals surface area contributed by atoms with Crippen LogP contribution in [0.25, 0.3) is 0 Å². The van der Waals surface area contributed by atoms with Gasteiger partial charge in [-0.3, -0.25) is 4.90 Å². The second-order valence-corrected chi connectivity index (χ2v) is 7.37. The number of benzene rings is 1. The Labute approximate surface area is 130 Å². The Kier molecular flexibility index (Phi) is 4.49. The highest BCUT2D eigenvalue weighted by Crippen LogP contribution is 2.47. The molecule has 1 saturated heterocycles. The van der Waals surface area contributed by atoms with E-state index in [1.165, 1.54) is 61.7 Å². The molecule has 1 aromatic rings. The van der Waals surface area contributed by atoms with Crippen molar-refractivity contribution in [3.8, 4) is 0 Å². The summed E-state index contributed by atoms with van der Waals surface area (Å²) in [5.74, 6) is 0. The van der Waals surface area contributed by atoms with Gasteiger partial charge in [0.05, 0.1) is 0 Å². The maximum Gasteiger partial charge on any atom is 0.0481 e. The molecule has 1 saturated carbocycles. The van der Waals surface area contributed by atoms with Gasteiger partial charge >= 0.3 is 0 Å². The molecule has 1 aliphatic carbocycles. The number of nitrogens with zero attached hydrogens (tertiary/aromatic N) is 1. The van der Waals surface area contributed by atoms with Crippen LogP contribution in [0.15, 0.2) is 28.7 Å². The molecule has 2 nitrogen and oxygen atoms in total. The van der Waals surface area contributed by atoms with Gasteiger partial charge in [-0.25, -0.2) is 0 Å². The normalized spacial score (nSPS) is 24.1. The molecule has 1 unspecified atom stereocenters. The van der Waals surface area contributed by atoms with E-state index >= 15 is 0 Å². The van der Waals surface area contributed by atoms with Gasteiger partial charge in [-0.1, -0.05) is 47.0 Å². The minimum Gasteiger partial charge on any atom is -0.329 e. The van der Waals surface area contributed by atoms with Crippen molar-refractivity contribution in [2.75, 3.05) is 19.6 Å². The van der Waals surface area contributed by atoms with Gasteiger partial charge in [0, 0.05) is 17.1 Å². The summed E-state index contributed by atoms with van der Waals surface area (Å²) in [5.41, 5.74) is 8.12. The highest BCUT2D eigenvalue weighted by Gasteiger charge is 2.38. The van der Waals surface area contributed by atoms with Crippen LogP contribution in [-0.4, -0.2) is 24.5 Å². The lowest BCUT2D eigenvalue weighted by atomic mass is 9.76. The SMILES string of the molecule is NCC(c1ccccc1Br)N1CCC2(CCCC2)CC1. The van der Waals surface area contributed by atoms with E-state index in [2.05, 4.69) is 45.1 Å². The van der Waals surface area contributed by atoms with Gasteiger partial charge in [0.25, 0.3) is 0 Å². The summed E-state index contributed by atoms with van der Waals surface area (Å²) in [6.45, 7) is 3.13. The lowest BCUT2D eigenvalue weighted by molar-refractivity contribution is 0.0778. The topological polar surface area (TPSA) is 29.3 Å². The van der Waals surface area contributed by atoms with Crippen LogP contribution in [-0.2, 0) is 0 Å². The van der Waals surface area contributed by atoms with E-state index in [4.69, 9.17) is 5.73 Å². The number of piperidine rings is 1. The molecule has 1 heterocycles. The van der Waals surface area contributed by atoms with E-state index in [1.807, 2.05) is 0 Å². The highest BCUT2D eigenvalue weighted by atomic mass is 79.9. The van der Waals surface area contributed by atoms with E-state index in [-0.39, 0.29) is 0 Å². The number of halogens is 1. The predicted molar refractivity (Wildman–Crippen MR) is 87.6 cm³/mol. The van der Waals surface area contributed by atoms with Crippen LogP contribution in [0.4, 0.5) is 0 Å². The van der Waals surface area contributed by atoms with Gasteiger partial charge in [0.15, 0.2) is 0 Å². The van der Waals surface area contributed by atoms with E-state index in [9.17, 15) is 0 Å². The minimum atomic E-state index is 0.365. The van der Waals surface area contributed by atoms with Gasteiger partial charge in [0.2, 0.25) is 0 Å². The zero-order valence-corrected chi connectivity index (χ0v) is 13.7. The fourth-order valence-corrected chi connectivity index (χ4v) is 4.70. The standard InChI is InChI=1S/C17H25BrN2/c18-15-6-2-1-5-14(15)16(13-19)20-11-9-17(10-12-20)7-3-4-8-17/h1-2,5-6,16H,3-4,7-13,19H2. The molecule has 110 valence electrons. The molecule has 2 fully saturated rings. The molecule has 0 amide bonds. The van der Waals surface area contributed by atoms with Gasteiger partial charge in [0.1, 0.15) is 0 Å². The first kappa shape index (κ1) is 14.6. The molecule has 3 heteroatoms. The zero-order valence-electron chi connectivity index (χ0n) is 12.2. The van der Waals surface area contributed by atoms with Crippen LogP contribution < -0.4 is 5.73 Å². The second kappa shape index (κ2) is 6.17. The first-order valence-corrected chi connectivity index (χ1v) is 8.72. The monoisotopic (exact) mass is 336 g/mol. The summed E-state index contributed by atoms with van der Waals surface area (Å²) >= 11 is 3.68. The number of likely N-dealkylation sites (tertiary alicyclic amines) is 1. The third-order valence-corrected chi connectivity index (χ3v) is 6.17. The fourth-order valence-electron chi connectivity index (χ4n) is 4.15. The van der Waals surface area contributed by atoms with E-state index < -0.39 is 0 Å². The van der Waals surface area contributed by atoms with Crippen molar-refractivity contribution in [2.24, 2.45) is 11.1 Å². The zero-order chi connectivity index (χ0) is 14.0. The maximum absolute atomic E-state index is 6.09. The smallest absolute Gasteiger partial charge is 0.0481 e. The molecule has 20 heavy (non-hydrogen) atoms. The first-order chi connectivity index (χ1) is 9.74. The number of rotatable bonds is 3. The largest absolute Gasteiger partial charge is 0.329 e. The van der Waals surface area contributed by atoms with Crippen molar-refractivity contribution in [3.05, 3.63) is 34.3 Å². The summed E-state index contributed by atoms with van der Waals surface area (Å²) in [5, 5.41) is 0. The van der Waals surface area contributed by atoms with Crippen LogP contribution in [0.3, 0.4) is 0 Å². The van der Waals surface area contributed by atoms with Crippen LogP contribution in [0.2, 0.25) is 0 Å². The van der Waals surface area contributed by atoms with Crippen LogP contribution in [0, 0.1) is 5.41 Å². The van der Waals surface area contributed by atoms with Gasteiger partial charge in [-0.15, -0.1) is 0 Å². The van der Waals surface area contributed by atoms with E-state index in [1.54, 1.807) is 0 Å². The molecular formula is C17H25BrN2. The van der Waals surface area contributed by atoms with Gasteiger partial charge < -0.3 is 5.73 Å². The van der Waals surface area contributed by atoms with E-state index in [0.717, 1.165) is 0 Å². The van der Waals surface area contributed by atoms with Crippen molar-refractivity contribution in [2.45, 2.75) is 44.6 Å². The Morgan fingerprint density at radius 1 is 1.10 bits per heavy atom. The lowest BCUT2D eigenvalue weighted by Crippen LogP contribution is -2.43. The molecule has 0 radical (unpaired) electrons. The Morgan fingerprint density at radius 2 is 1.75 bits per heavy atom. The number of hydrogen-bond acceptors (Lipinski definition) is 2. The predicted octanol–water partition coefficient (Wildman–Crippen LogP) is 4.11. The summed E-state index contributed by atoms with van der Waals surface area (Å²) in [6, 6.07) is 8.89. The van der Waals surface area contributed by atoms with Crippen LogP contribution >= 0.6 is 15.9 Å². The summed E-state index contributed by atoms with van der Waals surface area (Å²) in [7, 11) is 0. The summed E-state index contributed by atoms with van der Waals surface area (Å²) < 4.78 is 1.19. The molecule has 1 aliphatic heterocycles. The highest BCUT2D eigenvalue weighted by molar-refractivity contribution is 9.10. The summed E-state index contributed by atoms with van der Waals surface area (Å²) in [6.07, 6.45) is 8.56. The molecule has 2 N–H and O–H groups in total. The van der Waals surface area contributed by atoms with Gasteiger partial charge in [-0.2, -0.15) is 0 Å². The maximum atomic E-state index is 6.09. The third kappa shape index (κ3) is 2.81. The second-order valence-electron chi connectivity index (χ2n) is 6.52. The van der Waals surface area contributed by atoms with Crippen LogP contribution in [0.5, 0.6) is 0 Å². The third-order valence-electron chi connectivity index (χ3n) is 5.45. The Hall–Kier alpha value is -0.380. The Morgan fingerprint density at radius 3 is 2.35 bits per heavy atom. The van der Waals surface area contributed by atoms with Gasteiger partial charge in [-0.05, 0) is 55.8 Å². The van der Waals surface area contributed by atoms with Crippen LogP contribution in [0.1, 0.15) is 50.1 Å². The number of hydrogen-bond donors (Lipinski definition) is 1. The minimum absolute atomic E-state index is 0.365. The average molecular weight is 337 g/mol. The molecular weight excluding hydrogens is 312 g/mol. The number of nitrogens with two attached hydrogens (primary N) is 1. The molecule has 0 bridgehead atoms. The average Bonchev–Trinajstić information content (AvgIpc) is 2.92. The van der Waals surface area contributed by atoms with Crippen molar-refractivity contribution in [1.29, 1.82) is 0 Å². The lowest BCUT2D eigenvalue weighted by Gasteiger charge is -2.43. The summed E-state index contributed by atoms with van der Waals surface area (Å²) in [4.78, 5) is 2.60. The van der Waals surface area contributed by atoms with Crippen molar-refractivity contribution >= 4 is 15.9 Å². The van der Waals surface area contributed by atoms with Crippen molar-refractivity contribution < 1.29 is 0 Å². The molecule has 0 aromatic heterocycles. The molecule has 1 atom stereocenters. The molecule has 1 aromatic carbocycles. The molecule has 2 aliphatic rings. The fraction of sp³-hybridized carbons (Fsp3) is 0.647. The quantitative estimate of drug-likeness (QED) is 0.900. The first-order valence-electron chi connectivity index (χ1n) is 7.93. The Balaban J connectivity index is 1.71.